The normalized spacial score (nSPS) is 23.2. The Hall–Kier alpha value is -2.14. The zero-order valence-electron chi connectivity index (χ0n) is 21.1. The van der Waals surface area contributed by atoms with Gasteiger partial charge in [-0.15, -0.1) is 0 Å². The third kappa shape index (κ3) is 8.26. The Bertz CT molecular complexity index is 764. The number of benzene rings is 1. The molecule has 188 valence electrons. The van der Waals surface area contributed by atoms with Crippen LogP contribution in [0.4, 0.5) is 0 Å². The van der Waals surface area contributed by atoms with Gasteiger partial charge >= 0.3 is 11.9 Å². The van der Waals surface area contributed by atoms with Gasteiger partial charge in [0, 0.05) is 18.5 Å². The summed E-state index contributed by atoms with van der Waals surface area (Å²) >= 11 is 0. The highest BCUT2D eigenvalue weighted by Gasteiger charge is 2.40. The number of carbonyl (C=O) groups is 2. The molecule has 0 saturated carbocycles. The molecule has 2 saturated heterocycles. The van der Waals surface area contributed by atoms with Gasteiger partial charge in [-0.25, -0.2) is 0 Å². The van der Waals surface area contributed by atoms with Crippen molar-refractivity contribution in [2.45, 2.75) is 108 Å². The van der Waals surface area contributed by atoms with Gasteiger partial charge in [0.25, 0.3) is 0 Å². The zero-order chi connectivity index (χ0) is 24.2. The Morgan fingerprint density at radius 1 is 1.00 bits per heavy atom. The highest BCUT2D eigenvalue weighted by atomic mass is 16.6. The molecule has 0 N–H and O–H groups in total. The second kappa shape index (κ2) is 14.3. The van der Waals surface area contributed by atoms with E-state index >= 15 is 0 Å². The van der Waals surface area contributed by atoms with Crippen molar-refractivity contribution < 1.29 is 19.1 Å². The highest BCUT2D eigenvalue weighted by molar-refractivity contribution is 5.79. The minimum absolute atomic E-state index is 0.0361. The summed E-state index contributed by atoms with van der Waals surface area (Å²) in [6.45, 7) is 2.26. The lowest BCUT2D eigenvalue weighted by Gasteiger charge is -2.36. The molecule has 4 atom stereocenters. The molecule has 3 rings (SSSR count). The summed E-state index contributed by atoms with van der Waals surface area (Å²) in [7, 11) is 2.18. The van der Waals surface area contributed by atoms with Crippen LogP contribution in [0.1, 0.15) is 95.5 Å². The summed E-state index contributed by atoms with van der Waals surface area (Å²) in [6.07, 6.45) is 16.7. The van der Waals surface area contributed by atoms with Crippen LogP contribution in [0.25, 0.3) is 0 Å². The van der Waals surface area contributed by atoms with E-state index in [9.17, 15) is 9.59 Å². The van der Waals surface area contributed by atoms with Gasteiger partial charge in [0.15, 0.2) is 0 Å². The molecule has 1 aromatic rings. The SMILES string of the molecule is CCCCCC/C=C\CCCC(=O)OCC(C(=O)OC1C[C@H]2CC[C@@H](C1)N2C)c1ccccc1. The fraction of sp³-hybridized carbons (Fsp3) is 0.655. The molecule has 2 fully saturated rings. The number of hydrogen-bond acceptors (Lipinski definition) is 5. The summed E-state index contributed by atoms with van der Waals surface area (Å²) in [4.78, 5) is 27.9. The molecule has 5 nitrogen and oxygen atoms in total. The maximum absolute atomic E-state index is 13.1. The van der Waals surface area contributed by atoms with Gasteiger partial charge in [0.05, 0.1) is 0 Å². The van der Waals surface area contributed by atoms with Gasteiger partial charge < -0.3 is 14.4 Å². The molecule has 0 aliphatic carbocycles. The van der Waals surface area contributed by atoms with E-state index in [-0.39, 0.29) is 24.6 Å². The van der Waals surface area contributed by atoms with Crippen LogP contribution in [0.15, 0.2) is 42.5 Å². The topological polar surface area (TPSA) is 55.8 Å². The zero-order valence-corrected chi connectivity index (χ0v) is 21.1. The van der Waals surface area contributed by atoms with Gasteiger partial charge in [0.2, 0.25) is 0 Å². The fourth-order valence-corrected chi connectivity index (χ4v) is 5.23. The van der Waals surface area contributed by atoms with Crippen molar-refractivity contribution in [3.05, 3.63) is 48.0 Å². The Morgan fingerprint density at radius 3 is 2.35 bits per heavy atom. The van der Waals surface area contributed by atoms with Gasteiger partial charge in [-0.05, 0) is 64.0 Å². The molecule has 2 aliphatic rings. The van der Waals surface area contributed by atoms with E-state index in [0.29, 0.717) is 18.5 Å². The van der Waals surface area contributed by atoms with Crippen LogP contribution in [0.5, 0.6) is 0 Å². The maximum atomic E-state index is 13.1. The van der Waals surface area contributed by atoms with E-state index in [2.05, 4.69) is 31.0 Å². The second-order valence-electron chi connectivity index (χ2n) is 9.94. The van der Waals surface area contributed by atoms with Crippen LogP contribution in [0, 0.1) is 0 Å². The average Bonchev–Trinajstić information content (AvgIpc) is 3.04. The summed E-state index contributed by atoms with van der Waals surface area (Å²) in [5.41, 5.74) is 0.835. The van der Waals surface area contributed by atoms with Crippen LogP contribution in [-0.2, 0) is 19.1 Å². The first-order chi connectivity index (χ1) is 16.6. The van der Waals surface area contributed by atoms with Gasteiger partial charge in [-0.2, -0.15) is 0 Å². The van der Waals surface area contributed by atoms with Gasteiger partial charge in [-0.1, -0.05) is 68.7 Å². The third-order valence-corrected chi connectivity index (χ3v) is 7.38. The van der Waals surface area contributed by atoms with Crippen molar-refractivity contribution in [3.63, 3.8) is 0 Å². The number of allylic oxidation sites excluding steroid dienone is 2. The highest BCUT2D eigenvalue weighted by Crippen LogP contribution is 2.36. The van der Waals surface area contributed by atoms with E-state index in [0.717, 1.165) is 37.7 Å². The molecular formula is C29H43NO4. The van der Waals surface area contributed by atoms with Crippen LogP contribution < -0.4 is 0 Å². The molecule has 2 unspecified atom stereocenters. The fourth-order valence-electron chi connectivity index (χ4n) is 5.23. The molecular weight excluding hydrogens is 426 g/mol. The first-order valence-electron chi connectivity index (χ1n) is 13.4. The van der Waals surface area contributed by atoms with Crippen LogP contribution in [0.2, 0.25) is 0 Å². The second-order valence-corrected chi connectivity index (χ2v) is 9.94. The van der Waals surface area contributed by atoms with Crippen LogP contribution in [-0.4, -0.2) is 48.7 Å². The number of ether oxygens (including phenoxy) is 2. The molecule has 0 amide bonds. The Kier molecular flexibility index (Phi) is 11.1. The number of nitrogens with zero attached hydrogens (tertiary/aromatic N) is 1. The number of carbonyl (C=O) groups excluding carboxylic acids is 2. The first kappa shape index (κ1) is 26.5. The standard InChI is InChI=1S/C29H43NO4/c1-3-4-5-6-7-8-9-10-14-17-28(31)33-22-27(23-15-12-11-13-16-23)29(32)34-26-20-24-18-19-25(21-26)30(24)2/h8-9,11-13,15-16,24-27H,3-7,10,14,17-22H2,1-2H3/b9-8-/t24-,25+,26?,27?. The minimum atomic E-state index is -0.578. The Labute approximate surface area is 205 Å². The lowest BCUT2D eigenvalue weighted by atomic mass is 9.98. The lowest BCUT2D eigenvalue weighted by Crippen LogP contribution is -2.44. The molecule has 34 heavy (non-hydrogen) atoms. The van der Waals surface area contributed by atoms with Crippen molar-refractivity contribution in [2.75, 3.05) is 13.7 Å². The van der Waals surface area contributed by atoms with Crippen molar-refractivity contribution >= 4 is 11.9 Å². The maximum Gasteiger partial charge on any atom is 0.317 e. The van der Waals surface area contributed by atoms with E-state index in [1.165, 1.54) is 38.5 Å². The smallest absolute Gasteiger partial charge is 0.317 e. The third-order valence-electron chi connectivity index (χ3n) is 7.38. The predicted molar refractivity (Wildman–Crippen MR) is 136 cm³/mol. The quantitative estimate of drug-likeness (QED) is 0.185. The van der Waals surface area contributed by atoms with Gasteiger partial charge in [0.1, 0.15) is 18.6 Å². The lowest BCUT2D eigenvalue weighted by molar-refractivity contribution is -0.157. The number of rotatable bonds is 14. The van der Waals surface area contributed by atoms with Crippen LogP contribution in [0.3, 0.4) is 0 Å². The van der Waals surface area contributed by atoms with E-state index in [1.54, 1.807) is 0 Å². The molecule has 2 heterocycles. The molecule has 2 bridgehead atoms. The monoisotopic (exact) mass is 469 g/mol. The van der Waals surface area contributed by atoms with E-state index in [4.69, 9.17) is 9.47 Å². The van der Waals surface area contributed by atoms with E-state index in [1.807, 2.05) is 30.3 Å². The average molecular weight is 470 g/mol. The summed E-state index contributed by atoms with van der Waals surface area (Å²) in [5.74, 6) is -1.10. The first-order valence-corrected chi connectivity index (χ1v) is 13.4. The Morgan fingerprint density at radius 2 is 1.68 bits per heavy atom. The van der Waals surface area contributed by atoms with E-state index < -0.39 is 5.92 Å². The van der Waals surface area contributed by atoms with Crippen molar-refractivity contribution in [2.24, 2.45) is 0 Å². The number of esters is 2. The minimum Gasteiger partial charge on any atom is -0.464 e. The van der Waals surface area contributed by atoms with Gasteiger partial charge in [-0.3, -0.25) is 9.59 Å². The summed E-state index contributed by atoms with van der Waals surface area (Å²) < 4.78 is 11.5. The molecule has 0 aromatic heterocycles. The number of unbranched alkanes of at least 4 members (excludes halogenated alkanes) is 5. The largest absolute Gasteiger partial charge is 0.464 e. The molecule has 5 heteroatoms. The van der Waals surface area contributed by atoms with Crippen molar-refractivity contribution in [3.8, 4) is 0 Å². The molecule has 1 aromatic carbocycles. The summed E-state index contributed by atoms with van der Waals surface area (Å²) in [6, 6.07) is 10.6. The number of hydrogen-bond donors (Lipinski definition) is 0. The number of piperidine rings is 1. The molecule has 0 radical (unpaired) electrons. The Balaban J connectivity index is 1.42. The molecule has 0 spiro atoms. The van der Waals surface area contributed by atoms with Crippen LogP contribution >= 0.6 is 0 Å². The summed E-state index contributed by atoms with van der Waals surface area (Å²) in [5, 5.41) is 0. The predicted octanol–water partition coefficient (Wildman–Crippen LogP) is 6.18. The van der Waals surface area contributed by atoms with Crippen molar-refractivity contribution in [1.82, 2.24) is 4.90 Å². The number of fused-ring (bicyclic) bond motifs is 2. The van der Waals surface area contributed by atoms with Crippen molar-refractivity contribution in [1.29, 1.82) is 0 Å². The molecule has 2 aliphatic heterocycles.